The quantitative estimate of drug-likeness (QED) is 0.911. The zero-order valence-electron chi connectivity index (χ0n) is 13.1. The summed E-state index contributed by atoms with van der Waals surface area (Å²) >= 11 is 5.84. The van der Waals surface area contributed by atoms with E-state index in [1.165, 1.54) is 12.5 Å². The molecule has 0 bridgehead atoms. The van der Waals surface area contributed by atoms with Crippen molar-refractivity contribution in [2.24, 2.45) is 5.92 Å². The van der Waals surface area contributed by atoms with Gasteiger partial charge in [-0.15, -0.1) is 0 Å². The van der Waals surface area contributed by atoms with Gasteiger partial charge in [0.15, 0.2) is 0 Å². The summed E-state index contributed by atoms with van der Waals surface area (Å²) in [5, 5.41) is 11.0. The SMILES string of the molecule is CC1CCCC(C(O)Cc2cccc(Cl)c2F)(N(C)C)C1. The van der Waals surface area contributed by atoms with Gasteiger partial charge in [-0.2, -0.15) is 0 Å². The summed E-state index contributed by atoms with van der Waals surface area (Å²) in [6.07, 6.45) is 3.92. The molecule has 1 aromatic rings. The normalized spacial score (nSPS) is 27.9. The molecule has 1 N–H and O–H groups in total. The maximum absolute atomic E-state index is 14.1. The average Bonchev–Trinajstić information content (AvgIpc) is 2.43. The highest BCUT2D eigenvalue weighted by molar-refractivity contribution is 6.30. The summed E-state index contributed by atoms with van der Waals surface area (Å²) in [6.45, 7) is 2.23. The molecule has 118 valence electrons. The zero-order valence-corrected chi connectivity index (χ0v) is 13.8. The molecule has 0 radical (unpaired) electrons. The van der Waals surface area contributed by atoms with Gasteiger partial charge in [0.25, 0.3) is 0 Å². The number of hydrogen-bond acceptors (Lipinski definition) is 2. The Hall–Kier alpha value is -0.640. The molecule has 4 heteroatoms. The van der Waals surface area contributed by atoms with Crippen LogP contribution in [0.1, 0.15) is 38.2 Å². The van der Waals surface area contributed by atoms with E-state index in [2.05, 4.69) is 11.8 Å². The Balaban J connectivity index is 2.23. The minimum Gasteiger partial charge on any atom is -0.391 e. The van der Waals surface area contributed by atoms with Crippen LogP contribution in [0.4, 0.5) is 4.39 Å². The van der Waals surface area contributed by atoms with E-state index in [0.717, 1.165) is 19.3 Å². The van der Waals surface area contributed by atoms with Crippen molar-refractivity contribution in [1.82, 2.24) is 4.90 Å². The van der Waals surface area contributed by atoms with E-state index < -0.39 is 11.9 Å². The Morgan fingerprint density at radius 3 is 2.81 bits per heavy atom. The first-order valence-corrected chi connectivity index (χ1v) is 8.03. The Labute approximate surface area is 131 Å². The summed E-state index contributed by atoms with van der Waals surface area (Å²) in [7, 11) is 4.02. The molecule has 3 unspecified atom stereocenters. The van der Waals surface area contributed by atoms with Crippen LogP contribution in [0.15, 0.2) is 18.2 Å². The fourth-order valence-electron chi connectivity index (χ4n) is 3.68. The highest BCUT2D eigenvalue weighted by Gasteiger charge is 2.43. The number of aliphatic hydroxyl groups is 1. The number of rotatable bonds is 4. The largest absolute Gasteiger partial charge is 0.391 e. The molecule has 2 nitrogen and oxygen atoms in total. The van der Waals surface area contributed by atoms with Crippen LogP contribution in [0.5, 0.6) is 0 Å². The third kappa shape index (κ3) is 3.41. The molecule has 0 aromatic heterocycles. The van der Waals surface area contributed by atoms with E-state index >= 15 is 0 Å². The highest BCUT2D eigenvalue weighted by atomic mass is 35.5. The number of benzene rings is 1. The lowest BCUT2D eigenvalue weighted by molar-refractivity contribution is -0.0427. The number of nitrogens with zero attached hydrogens (tertiary/aromatic N) is 1. The molecule has 2 rings (SSSR count). The van der Waals surface area contributed by atoms with Gasteiger partial charge in [0.1, 0.15) is 5.82 Å². The maximum atomic E-state index is 14.1. The number of aliphatic hydroxyl groups excluding tert-OH is 1. The molecule has 0 aliphatic heterocycles. The monoisotopic (exact) mass is 313 g/mol. The van der Waals surface area contributed by atoms with Crippen LogP contribution in [0.25, 0.3) is 0 Å². The van der Waals surface area contributed by atoms with Gasteiger partial charge < -0.3 is 10.0 Å². The Morgan fingerprint density at radius 2 is 2.19 bits per heavy atom. The van der Waals surface area contributed by atoms with Crippen LogP contribution in [0.3, 0.4) is 0 Å². The molecular formula is C17H25ClFNO. The summed E-state index contributed by atoms with van der Waals surface area (Å²) in [4.78, 5) is 2.12. The molecule has 1 aliphatic rings. The molecule has 3 atom stereocenters. The summed E-state index contributed by atoms with van der Waals surface area (Å²) < 4.78 is 14.1. The first-order chi connectivity index (χ1) is 9.86. The Kier molecular flexibility index (Phi) is 5.29. The van der Waals surface area contributed by atoms with E-state index in [1.807, 2.05) is 14.1 Å². The van der Waals surface area contributed by atoms with Gasteiger partial charge in [0.05, 0.1) is 11.1 Å². The third-order valence-electron chi connectivity index (χ3n) is 4.96. The molecule has 1 saturated carbocycles. The standard InChI is InChI=1S/C17H25ClFNO/c1-12-6-5-9-17(11-12,20(2)3)15(21)10-13-7-4-8-14(18)16(13)19/h4,7-8,12,15,21H,5-6,9-11H2,1-3H3. The van der Waals surface area contributed by atoms with Gasteiger partial charge in [-0.25, -0.2) is 4.39 Å². The second-order valence-corrected chi connectivity index (χ2v) is 7.04. The molecule has 1 fully saturated rings. The van der Waals surface area contributed by atoms with E-state index in [4.69, 9.17) is 11.6 Å². The van der Waals surface area contributed by atoms with Crippen molar-refractivity contribution in [3.8, 4) is 0 Å². The van der Waals surface area contributed by atoms with Crippen LogP contribution < -0.4 is 0 Å². The smallest absolute Gasteiger partial charge is 0.145 e. The molecule has 0 saturated heterocycles. The second kappa shape index (κ2) is 6.64. The average molecular weight is 314 g/mol. The molecule has 0 spiro atoms. The van der Waals surface area contributed by atoms with Gasteiger partial charge in [0, 0.05) is 12.0 Å². The maximum Gasteiger partial charge on any atom is 0.145 e. The van der Waals surface area contributed by atoms with Gasteiger partial charge >= 0.3 is 0 Å². The van der Waals surface area contributed by atoms with E-state index in [-0.39, 0.29) is 10.6 Å². The number of halogens is 2. The Morgan fingerprint density at radius 1 is 1.48 bits per heavy atom. The molecule has 0 amide bonds. The van der Waals surface area contributed by atoms with E-state index in [9.17, 15) is 9.50 Å². The fourth-order valence-corrected chi connectivity index (χ4v) is 3.87. The van der Waals surface area contributed by atoms with Crippen molar-refractivity contribution in [3.63, 3.8) is 0 Å². The zero-order chi connectivity index (χ0) is 15.6. The van der Waals surface area contributed by atoms with Crippen LogP contribution in [0, 0.1) is 11.7 Å². The van der Waals surface area contributed by atoms with Crippen LogP contribution in [-0.2, 0) is 6.42 Å². The lowest BCUT2D eigenvalue weighted by Gasteiger charge is -2.48. The van der Waals surface area contributed by atoms with Crippen molar-refractivity contribution in [1.29, 1.82) is 0 Å². The number of likely N-dealkylation sites (N-methyl/N-ethyl adjacent to an activating group) is 1. The van der Waals surface area contributed by atoms with Crippen LogP contribution >= 0.6 is 11.6 Å². The van der Waals surface area contributed by atoms with Gasteiger partial charge in [-0.05, 0) is 44.5 Å². The second-order valence-electron chi connectivity index (χ2n) is 6.63. The van der Waals surface area contributed by atoms with Crippen molar-refractivity contribution in [2.45, 2.75) is 50.7 Å². The summed E-state index contributed by atoms with van der Waals surface area (Å²) in [5.74, 6) is 0.177. The third-order valence-corrected chi connectivity index (χ3v) is 5.26. The highest BCUT2D eigenvalue weighted by Crippen LogP contribution is 2.39. The van der Waals surface area contributed by atoms with Crippen molar-refractivity contribution >= 4 is 11.6 Å². The molecule has 0 heterocycles. The predicted molar refractivity (Wildman–Crippen MR) is 85.2 cm³/mol. The first kappa shape index (κ1) is 16.7. The lowest BCUT2D eigenvalue weighted by atomic mass is 9.71. The van der Waals surface area contributed by atoms with Gasteiger partial charge in [-0.1, -0.05) is 43.5 Å². The number of hydrogen-bond donors (Lipinski definition) is 1. The predicted octanol–water partition coefficient (Wildman–Crippen LogP) is 3.89. The topological polar surface area (TPSA) is 23.5 Å². The molecule has 21 heavy (non-hydrogen) atoms. The minimum atomic E-state index is -0.594. The van der Waals surface area contributed by atoms with Gasteiger partial charge in [0.2, 0.25) is 0 Å². The molecule has 1 aliphatic carbocycles. The van der Waals surface area contributed by atoms with Crippen molar-refractivity contribution in [2.75, 3.05) is 14.1 Å². The Bertz CT molecular complexity index is 494. The molecular weight excluding hydrogens is 289 g/mol. The van der Waals surface area contributed by atoms with E-state index in [1.54, 1.807) is 12.1 Å². The van der Waals surface area contributed by atoms with E-state index in [0.29, 0.717) is 17.9 Å². The van der Waals surface area contributed by atoms with Crippen molar-refractivity contribution in [3.05, 3.63) is 34.6 Å². The van der Waals surface area contributed by atoms with Crippen LogP contribution in [0.2, 0.25) is 5.02 Å². The lowest BCUT2D eigenvalue weighted by Crippen LogP contribution is -2.56. The summed E-state index contributed by atoms with van der Waals surface area (Å²) in [5.41, 5.74) is 0.223. The summed E-state index contributed by atoms with van der Waals surface area (Å²) in [6, 6.07) is 4.98. The molecule has 1 aromatic carbocycles. The van der Waals surface area contributed by atoms with Gasteiger partial charge in [-0.3, -0.25) is 0 Å². The fraction of sp³-hybridized carbons (Fsp3) is 0.647. The first-order valence-electron chi connectivity index (χ1n) is 7.65. The van der Waals surface area contributed by atoms with Crippen molar-refractivity contribution < 1.29 is 9.50 Å². The minimum absolute atomic E-state index is 0.121. The van der Waals surface area contributed by atoms with Crippen LogP contribution in [-0.4, -0.2) is 35.7 Å².